The predicted molar refractivity (Wildman–Crippen MR) is 101 cm³/mol. The smallest absolute Gasteiger partial charge is 0.188 e. The maximum absolute atomic E-state index is 5.86. The maximum atomic E-state index is 5.86. The zero-order valence-corrected chi connectivity index (χ0v) is 14.3. The van der Waals surface area contributed by atoms with E-state index < -0.39 is 0 Å². The van der Waals surface area contributed by atoms with Gasteiger partial charge in [0.15, 0.2) is 11.1 Å². The minimum Gasteiger partial charge on any atom is -0.370 e. The van der Waals surface area contributed by atoms with Gasteiger partial charge in [-0.15, -0.1) is 11.3 Å². The molecule has 0 amide bonds. The Morgan fingerprint density at radius 2 is 2.09 bits per heavy atom. The van der Waals surface area contributed by atoms with Crippen LogP contribution in [0.2, 0.25) is 0 Å². The molecular weight excluding hydrogens is 326 g/mol. The fourth-order valence-corrected chi connectivity index (χ4v) is 3.69. The largest absolute Gasteiger partial charge is 0.370 e. The van der Waals surface area contributed by atoms with Gasteiger partial charge in [0, 0.05) is 30.9 Å². The van der Waals surface area contributed by atoms with Gasteiger partial charge < -0.3 is 16.4 Å². The molecule has 120 valence electrons. The predicted octanol–water partition coefficient (Wildman–Crippen LogP) is 2.92. The number of guanidine groups is 1. The van der Waals surface area contributed by atoms with Crippen molar-refractivity contribution >= 4 is 44.0 Å². The number of thiazole rings is 1. The number of hydrogen-bond acceptors (Lipinski definition) is 5. The number of nitrogens with two attached hydrogens (primary N) is 1. The van der Waals surface area contributed by atoms with E-state index in [1.165, 1.54) is 9.58 Å². The minimum absolute atomic E-state index is 0.493. The molecule has 0 bridgehead atoms. The van der Waals surface area contributed by atoms with Crippen LogP contribution >= 0.6 is 22.7 Å². The molecule has 1 aromatic carbocycles. The highest BCUT2D eigenvalue weighted by Crippen LogP contribution is 2.24. The Kier molecular flexibility index (Phi) is 5.44. The molecule has 4 N–H and O–H groups in total. The molecule has 2 aromatic heterocycles. The lowest BCUT2D eigenvalue weighted by atomic mass is 10.3. The average molecular weight is 345 g/mol. The molecule has 0 aliphatic carbocycles. The summed E-state index contributed by atoms with van der Waals surface area (Å²) in [4.78, 5) is 10.2. The first-order valence-electron chi connectivity index (χ1n) is 7.47. The van der Waals surface area contributed by atoms with E-state index in [2.05, 4.69) is 44.2 Å². The fourth-order valence-electron chi connectivity index (χ4n) is 2.11. The molecule has 23 heavy (non-hydrogen) atoms. The minimum atomic E-state index is 0.493. The molecule has 0 atom stereocenters. The Balaban J connectivity index is 1.37. The second-order valence-corrected chi connectivity index (χ2v) is 7.00. The summed E-state index contributed by atoms with van der Waals surface area (Å²) in [5.74, 6) is 0.493. The van der Waals surface area contributed by atoms with E-state index >= 15 is 0 Å². The highest BCUT2D eigenvalue weighted by Gasteiger charge is 2.01. The summed E-state index contributed by atoms with van der Waals surface area (Å²) < 4.78 is 1.19. The fraction of sp³-hybridized carbons (Fsp3) is 0.250. The van der Waals surface area contributed by atoms with Gasteiger partial charge in [0.05, 0.1) is 10.2 Å². The third-order valence-electron chi connectivity index (χ3n) is 3.22. The third-order valence-corrected chi connectivity index (χ3v) is 5.15. The Hall–Kier alpha value is -2.12. The molecule has 0 saturated heterocycles. The molecule has 2 heterocycles. The summed E-state index contributed by atoms with van der Waals surface area (Å²) in [6.45, 7) is 2.18. The van der Waals surface area contributed by atoms with Crippen LogP contribution < -0.4 is 16.4 Å². The molecule has 0 spiro atoms. The molecule has 0 radical (unpaired) electrons. The number of aromatic nitrogens is 1. The molecular formula is C16H19N5S2. The van der Waals surface area contributed by atoms with E-state index in [1.807, 2.05) is 18.2 Å². The van der Waals surface area contributed by atoms with Crippen LogP contribution in [0.25, 0.3) is 10.2 Å². The summed E-state index contributed by atoms with van der Waals surface area (Å²) in [5, 5.41) is 9.43. The Bertz CT molecular complexity index is 731. The van der Waals surface area contributed by atoms with Crippen LogP contribution in [0.1, 0.15) is 4.88 Å². The van der Waals surface area contributed by atoms with Crippen LogP contribution in [0.4, 0.5) is 5.13 Å². The summed E-state index contributed by atoms with van der Waals surface area (Å²) in [7, 11) is 0. The lowest BCUT2D eigenvalue weighted by Crippen LogP contribution is -2.35. The van der Waals surface area contributed by atoms with Crippen molar-refractivity contribution in [2.75, 3.05) is 25.0 Å². The topological polar surface area (TPSA) is 75.3 Å². The monoisotopic (exact) mass is 345 g/mol. The number of anilines is 1. The van der Waals surface area contributed by atoms with E-state index in [0.717, 1.165) is 23.6 Å². The van der Waals surface area contributed by atoms with Crippen LogP contribution in [0.5, 0.6) is 0 Å². The summed E-state index contributed by atoms with van der Waals surface area (Å²) in [6, 6.07) is 12.3. The van der Waals surface area contributed by atoms with Crippen molar-refractivity contribution in [1.29, 1.82) is 0 Å². The van der Waals surface area contributed by atoms with Gasteiger partial charge in [0.2, 0.25) is 0 Å². The maximum Gasteiger partial charge on any atom is 0.188 e. The number of aliphatic imine (C=N–C) groups is 1. The number of hydrogen-bond donors (Lipinski definition) is 3. The van der Waals surface area contributed by atoms with Gasteiger partial charge >= 0.3 is 0 Å². The molecule has 0 fully saturated rings. The highest BCUT2D eigenvalue weighted by atomic mass is 32.1. The molecule has 0 aliphatic rings. The highest BCUT2D eigenvalue weighted by molar-refractivity contribution is 7.22. The zero-order valence-electron chi connectivity index (χ0n) is 12.7. The normalized spacial score (nSPS) is 11.7. The number of rotatable bonds is 7. The van der Waals surface area contributed by atoms with Crippen molar-refractivity contribution in [2.24, 2.45) is 10.7 Å². The van der Waals surface area contributed by atoms with Crippen LogP contribution in [0.15, 0.2) is 46.8 Å². The van der Waals surface area contributed by atoms with Gasteiger partial charge in [-0.1, -0.05) is 29.5 Å². The quantitative estimate of drug-likeness (QED) is 0.350. The number of para-hydroxylation sites is 1. The standard InChI is InChI=1S/C16H19N5S2/c17-15(18-8-7-12-4-3-11-22-12)19-9-10-20-16-21-13-5-1-2-6-14(13)23-16/h1-6,11H,7-10H2,(H,20,21)(H3,17,18,19). The van der Waals surface area contributed by atoms with Crippen LogP contribution in [0.3, 0.4) is 0 Å². The van der Waals surface area contributed by atoms with Crippen LogP contribution in [0, 0.1) is 0 Å². The first-order chi connectivity index (χ1) is 11.3. The molecule has 5 nitrogen and oxygen atoms in total. The second-order valence-electron chi connectivity index (χ2n) is 4.94. The molecule has 0 saturated carbocycles. The average Bonchev–Trinajstić information content (AvgIpc) is 3.20. The van der Waals surface area contributed by atoms with Gasteiger partial charge in [-0.05, 0) is 23.6 Å². The van der Waals surface area contributed by atoms with Crippen molar-refractivity contribution in [1.82, 2.24) is 10.3 Å². The van der Waals surface area contributed by atoms with Gasteiger partial charge in [-0.25, -0.2) is 4.98 Å². The summed E-state index contributed by atoms with van der Waals surface area (Å²) >= 11 is 3.41. The van der Waals surface area contributed by atoms with Crippen molar-refractivity contribution in [2.45, 2.75) is 6.42 Å². The van der Waals surface area contributed by atoms with Crippen molar-refractivity contribution < 1.29 is 0 Å². The second kappa shape index (κ2) is 7.94. The van der Waals surface area contributed by atoms with E-state index in [9.17, 15) is 0 Å². The molecule has 3 aromatic rings. The lowest BCUT2D eigenvalue weighted by Gasteiger charge is -2.06. The Labute approximate surface area is 143 Å². The number of nitrogens with zero attached hydrogens (tertiary/aromatic N) is 2. The van der Waals surface area contributed by atoms with E-state index in [1.54, 1.807) is 22.7 Å². The number of benzene rings is 1. The van der Waals surface area contributed by atoms with Crippen LogP contribution in [-0.4, -0.2) is 30.6 Å². The van der Waals surface area contributed by atoms with Gasteiger partial charge in [0.1, 0.15) is 0 Å². The molecule has 7 heteroatoms. The molecule has 0 aliphatic heterocycles. The summed E-state index contributed by atoms with van der Waals surface area (Å²) in [5.41, 5.74) is 6.89. The van der Waals surface area contributed by atoms with Crippen molar-refractivity contribution in [3.8, 4) is 0 Å². The molecule has 3 rings (SSSR count). The first-order valence-corrected chi connectivity index (χ1v) is 9.16. The van der Waals surface area contributed by atoms with Gasteiger partial charge in [-0.3, -0.25) is 4.99 Å². The van der Waals surface area contributed by atoms with Crippen molar-refractivity contribution in [3.05, 3.63) is 46.7 Å². The van der Waals surface area contributed by atoms with E-state index in [-0.39, 0.29) is 0 Å². The number of fused-ring (bicyclic) bond motifs is 1. The van der Waals surface area contributed by atoms with Gasteiger partial charge in [0.25, 0.3) is 0 Å². The van der Waals surface area contributed by atoms with Crippen LogP contribution in [-0.2, 0) is 6.42 Å². The van der Waals surface area contributed by atoms with E-state index in [4.69, 9.17) is 5.73 Å². The molecule has 0 unspecified atom stereocenters. The SMILES string of the molecule is NC(=NCCc1cccs1)NCCNc1nc2ccccc2s1. The Morgan fingerprint density at radius 1 is 1.17 bits per heavy atom. The number of thiophene rings is 1. The number of nitrogens with one attached hydrogen (secondary N) is 2. The zero-order chi connectivity index (χ0) is 15.9. The van der Waals surface area contributed by atoms with E-state index in [0.29, 0.717) is 19.0 Å². The lowest BCUT2D eigenvalue weighted by molar-refractivity contribution is 0.876. The first kappa shape index (κ1) is 15.8. The summed E-state index contributed by atoms with van der Waals surface area (Å²) in [6.07, 6.45) is 0.935. The van der Waals surface area contributed by atoms with Gasteiger partial charge in [-0.2, -0.15) is 0 Å². The van der Waals surface area contributed by atoms with Crippen molar-refractivity contribution in [3.63, 3.8) is 0 Å². The Morgan fingerprint density at radius 3 is 2.91 bits per heavy atom. The third kappa shape index (κ3) is 4.67.